The molecule has 0 aliphatic carbocycles. The SMILES string of the molecule is Cc1ccc(NC(=O)C[NH+](C)[C@H](C)C(=O)Nc2ccccc2-c2ccccc2)cc1. The Morgan fingerprint density at radius 2 is 1.50 bits per heavy atom. The van der Waals surface area contributed by atoms with Crippen LogP contribution in [0.5, 0.6) is 0 Å². The zero-order chi connectivity index (χ0) is 21.5. The molecular formula is C25H28N3O2+. The molecule has 3 N–H and O–H groups in total. The Bertz CT molecular complexity index is 1000. The summed E-state index contributed by atoms with van der Waals surface area (Å²) < 4.78 is 0. The fourth-order valence-electron chi connectivity index (χ4n) is 3.17. The molecule has 0 saturated heterocycles. The Hall–Kier alpha value is -3.44. The van der Waals surface area contributed by atoms with Crippen LogP contribution in [0.3, 0.4) is 0 Å². The average molecular weight is 403 g/mol. The predicted octanol–water partition coefficient (Wildman–Crippen LogP) is 3.14. The van der Waals surface area contributed by atoms with Crippen molar-refractivity contribution < 1.29 is 14.5 Å². The molecule has 0 saturated carbocycles. The van der Waals surface area contributed by atoms with Crippen molar-refractivity contribution in [3.05, 3.63) is 84.4 Å². The van der Waals surface area contributed by atoms with Gasteiger partial charge in [0.15, 0.2) is 12.6 Å². The smallest absolute Gasteiger partial charge is 0.282 e. The summed E-state index contributed by atoms with van der Waals surface area (Å²) in [6, 6.07) is 24.9. The first-order valence-electron chi connectivity index (χ1n) is 10.1. The van der Waals surface area contributed by atoms with Crippen LogP contribution < -0.4 is 15.5 Å². The molecule has 0 fully saturated rings. The third kappa shape index (κ3) is 5.55. The summed E-state index contributed by atoms with van der Waals surface area (Å²) in [6.45, 7) is 4.03. The van der Waals surface area contributed by atoms with Crippen molar-refractivity contribution in [3.63, 3.8) is 0 Å². The molecule has 0 aromatic heterocycles. The summed E-state index contributed by atoms with van der Waals surface area (Å²) in [5.74, 6) is -0.250. The number of benzene rings is 3. The van der Waals surface area contributed by atoms with Gasteiger partial charge in [-0.2, -0.15) is 0 Å². The molecule has 3 aromatic carbocycles. The van der Waals surface area contributed by atoms with E-state index in [2.05, 4.69) is 10.6 Å². The maximum absolute atomic E-state index is 12.9. The van der Waals surface area contributed by atoms with Crippen molar-refractivity contribution in [1.82, 2.24) is 0 Å². The number of quaternary nitrogens is 1. The van der Waals surface area contributed by atoms with Crippen molar-refractivity contribution in [1.29, 1.82) is 0 Å². The maximum atomic E-state index is 12.9. The van der Waals surface area contributed by atoms with Gasteiger partial charge in [-0.15, -0.1) is 0 Å². The predicted molar refractivity (Wildman–Crippen MR) is 122 cm³/mol. The normalized spacial score (nSPS) is 12.6. The third-order valence-corrected chi connectivity index (χ3v) is 5.18. The molecule has 2 amide bonds. The summed E-state index contributed by atoms with van der Waals surface area (Å²) in [7, 11) is 1.85. The number of aryl methyl sites for hydroxylation is 1. The first kappa shape index (κ1) is 21.3. The van der Waals surface area contributed by atoms with E-state index in [9.17, 15) is 9.59 Å². The monoisotopic (exact) mass is 402 g/mol. The number of anilines is 2. The molecule has 2 atom stereocenters. The molecule has 3 rings (SSSR count). The van der Waals surface area contributed by atoms with Crippen molar-refractivity contribution in [2.24, 2.45) is 0 Å². The van der Waals surface area contributed by atoms with Crippen molar-refractivity contribution in [2.45, 2.75) is 19.9 Å². The maximum Gasteiger partial charge on any atom is 0.282 e. The van der Waals surface area contributed by atoms with E-state index in [0.29, 0.717) is 0 Å². The van der Waals surface area contributed by atoms with Gasteiger partial charge < -0.3 is 15.5 Å². The summed E-state index contributed by atoms with van der Waals surface area (Å²) in [5, 5.41) is 5.91. The van der Waals surface area contributed by atoms with E-state index in [1.165, 1.54) is 0 Å². The van der Waals surface area contributed by atoms with Crippen LogP contribution in [0.15, 0.2) is 78.9 Å². The Kier molecular flexibility index (Phi) is 6.99. The van der Waals surface area contributed by atoms with Gasteiger partial charge in [-0.25, -0.2) is 0 Å². The lowest BCUT2D eigenvalue weighted by molar-refractivity contribution is -0.885. The molecule has 0 heterocycles. The highest BCUT2D eigenvalue weighted by atomic mass is 16.2. The van der Waals surface area contributed by atoms with Crippen LogP contribution in [0.4, 0.5) is 11.4 Å². The van der Waals surface area contributed by atoms with Crippen molar-refractivity contribution in [2.75, 3.05) is 24.2 Å². The van der Waals surface area contributed by atoms with E-state index in [1.807, 2.05) is 99.8 Å². The molecule has 30 heavy (non-hydrogen) atoms. The lowest BCUT2D eigenvalue weighted by Gasteiger charge is -2.21. The van der Waals surface area contributed by atoms with E-state index >= 15 is 0 Å². The van der Waals surface area contributed by atoms with Gasteiger partial charge in [0.05, 0.1) is 7.05 Å². The van der Waals surface area contributed by atoms with Gasteiger partial charge in [-0.1, -0.05) is 66.2 Å². The summed E-state index contributed by atoms with van der Waals surface area (Å²) in [6.07, 6.45) is 0. The van der Waals surface area contributed by atoms with Crippen molar-refractivity contribution in [3.8, 4) is 11.1 Å². The fourth-order valence-corrected chi connectivity index (χ4v) is 3.17. The number of nitrogens with one attached hydrogen (secondary N) is 3. The molecule has 0 spiro atoms. The Morgan fingerprint density at radius 3 is 2.20 bits per heavy atom. The van der Waals surface area contributed by atoms with Gasteiger partial charge in [0.25, 0.3) is 11.8 Å². The van der Waals surface area contributed by atoms with Crippen LogP contribution in [0.2, 0.25) is 0 Å². The van der Waals surface area contributed by atoms with Crippen LogP contribution in [-0.2, 0) is 9.59 Å². The number of para-hydroxylation sites is 1. The van der Waals surface area contributed by atoms with Crippen LogP contribution in [0.25, 0.3) is 11.1 Å². The van der Waals surface area contributed by atoms with Crippen LogP contribution in [-0.4, -0.2) is 31.4 Å². The zero-order valence-electron chi connectivity index (χ0n) is 17.6. The lowest BCUT2D eigenvalue weighted by Crippen LogP contribution is -3.14. The number of carbonyl (C=O) groups excluding carboxylic acids is 2. The van der Waals surface area contributed by atoms with Gasteiger partial charge >= 0.3 is 0 Å². The Morgan fingerprint density at radius 1 is 0.867 bits per heavy atom. The van der Waals surface area contributed by atoms with Gasteiger partial charge in [-0.05, 0) is 37.6 Å². The molecule has 5 nitrogen and oxygen atoms in total. The number of rotatable bonds is 7. The highest BCUT2D eigenvalue weighted by Crippen LogP contribution is 2.27. The zero-order valence-corrected chi connectivity index (χ0v) is 17.6. The first-order chi connectivity index (χ1) is 14.4. The second-order valence-corrected chi connectivity index (χ2v) is 7.56. The number of carbonyl (C=O) groups is 2. The summed E-state index contributed by atoms with van der Waals surface area (Å²) >= 11 is 0. The Balaban J connectivity index is 1.62. The average Bonchev–Trinajstić information content (AvgIpc) is 2.75. The number of hydrogen-bond acceptors (Lipinski definition) is 2. The first-order valence-corrected chi connectivity index (χ1v) is 10.1. The molecule has 0 aliphatic rings. The van der Waals surface area contributed by atoms with Gasteiger partial charge in [0.1, 0.15) is 0 Å². The summed E-state index contributed by atoms with van der Waals surface area (Å²) in [5.41, 5.74) is 4.66. The highest BCUT2D eigenvalue weighted by molar-refractivity contribution is 5.98. The van der Waals surface area contributed by atoms with Crippen LogP contribution >= 0.6 is 0 Å². The van der Waals surface area contributed by atoms with Gasteiger partial charge in [-0.3, -0.25) is 9.59 Å². The van der Waals surface area contributed by atoms with E-state index in [-0.39, 0.29) is 18.4 Å². The number of hydrogen-bond donors (Lipinski definition) is 3. The fraction of sp³-hybridized carbons (Fsp3) is 0.200. The highest BCUT2D eigenvalue weighted by Gasteiger charge is 2.24. The third-order valence-electron chi connectivity index (χ3n) is 5.18. The van der Waals surface area contributed by atoms with Crippen LogP contribution in [0.1, 0.15) is 12.5 Å². The molecular weight excluding hydrogens is 374 g/mol. The second-order valence-electron chi connectivity index (χ2n) is 7.56. The quantitative estimate of drug-likeness (QED) is 0.569. The number of amides is 2. The molecule has 5 heteroatoms. The van der Waals surface area contributed by atoms with Crippen LogP contribution in [0, 0.1) is 6.92 Å². The lowest BCUT2D eigenvalue weighted by atomic mass is 10.0. The Labute approximate surface area is 177 Å². The van der Waals surface area contributed by atoms with E-state index in [4.69, 9.17) is 0 Å². The van der Waals surface area contributed by atoms with Crippen molar-refractivity contribution >= 4 is 23.2 Å². The molecule has 0 aliphatic heterocycles. The minimum atomic E-state index is -0.391. The van der Waals surface area contributed by atoms with Gasteiger partial charge in [0, 0.05) is 16.9 Å². The van der Waals surface area contributed by atoms with Gasteiger partial charge in [0.2, 0.25) is 0 Å². The molecule has 0 bridgehead atoms. The van der Waals surface area contributed by atoms with E-state index in [0.717, 1.165) is 33.0 Å². The number of likely N-dealkylation sites (N-methyl/N-ethyl adjacent to an activating group) is 1. The minimum absolute atomic E-state index is 0.124. The molecule has 154 valence electrons. The topological polar surface area (TPSA) is 62.6 Å². The second kappa shape index (κ2) is 9.85. The standard InChI is InChI=1S/C25H27N3O2/c1-18-13-15-21(16-14-18)26-24(29)17-28(3)19(2)25(30)27-23-12-8-7-11-22(23)20-9-5-4-6-10-20/h4-16,19H,17H2,1-3H3,(H,26,29)(H,27,30)/p+1/t19-/m1/s1. The molecule has 0 radical (unpaired) electrons. The van der Waals surface area contributed by atoms with E-state index < -0.39 is 6.04 Å². The largest absolute Gasteiger partial charge is 0.321 e. The minimum Gasteiger partial charge on any atom is -0.321 e. The van der Waals surface area contributed by atoms with E-state index in [1.54, 1.807) is 0 Å². The molecule has 3 aromatic rings. The molecule has 1 unspecified atom stereocenters. The summed E-state index contributed by atoms with van der Waals surface area (Å²) in [4.78, 5) is 26.0.